The van der Waals surface area contributed by atoms with E-state index in [2.05, 4.69) is 34.3 Å². The number of aromatic nitrogens is 1. The lowest BCUT2D eigenvalue weighted by molar-refractivity contribution is -0.681. The van der Waals surface area contributed by atoms with Crippen LogP contribution < -0.4 is 41.2 Å². The Balaban J connectivity index is 0.00000180. The van der Waals surface area contributed by atoms with Gasteiger partial charge in [0.25, 0.3) is 0 Å². The second kappa shape index (κ2) is 6.70. The Bertz CT molecular complexity index is 1040. The highest BCUT2D eigenvalue weighted by Crippen LogP contribution is 2.42. The molecule has 0 amide bonds. The van der Waals surface area contributed by atoms with Gasteiger partial charge in [0.15, 0.2) is 35.7 Å². The van der Waals surface area contributed by atoms with Gasteiger partial charge in [-0.2, -0.15) is 4.57 Å². The second-order valence-electron chi connectivity index (χ2n) is 6.33. The van der Waals surface area contributed by atoms with Crippen molar-refractivity contribution >= 4 is 16.5 Å². The highest BCUT2D eigenvalue weighted by Gasteiger charge is 2.27. The third kappa shape index (κ3) is 2.68. The molecule has 3 heterocycles. The van der Waals surface area contributed by atoms with E-state index in [0.717, 1.165) is 63.8 Å². The van der Waals surface area contributed by atoms with Crippen molar-refractivity contribution < 1.29 is 35.9 Å². The van der Waals surface area contributed by atoms with E-state index in [1.165, 1.54) is 0 Å². The first kappa shape index (κ1) is 17.5. The zero-order chi connectivity index (χ0) is 17.7. The molecule has 2 aromatic carbocycles. The fourth-order valence-corrected chi connectivity index (χ4v) is 3.71. The molecular formula is C20H19ClN2O4. The fraction of sp³-hybridized carbons (Fsp3) is 0.250. The predicted molar refractivity (Wildman–Crippen MR) is 97.3 cm³/mol. The maximum absolute atomic E-state index is 5.61. The van der Waals surface area contributed by atoms with Gasteiger partial charge in [0.05, 0.1) is 37.4 Å². The van der Waals surface area contributed by atoms with Crippen LogP contribution in [0.2, 0.25) is 0 Å². The number of anilines is 1. The topological polar surface area (TPSA) is 52.8 Å². The van der Waals surface area contributed by atoms with Gasteiger partial charge in [-0.3, -0.25) is 0 Å². The van der Waals surface area contributed by atoms with E-state index < -0.39 is 0 Å². The lowest BCUT2D eigenvalue weighted by Gasteiger charge is -2.11. The minimum absolute atomic E-state index is 0. The molecule has 0 unspecified atom stereocenters. The van der Waals surface area contributed by atoms with Crippen molar-refractivity contribution in [1.29, 1.82) is 0 Å². The number of fused-ring (bicyclic) bond motifs is 5. The van der Waals surface area contributed by atoms with Crippen LogP contribution in [0.3, 0.4) is 0 Å². The Labute approximate surface area is 163 Å². The monoisotopic (exact) mass is 386 g/mol. The molecule has 2 aliphatic rings. The number of hydrogen-bond acceptors (Lipinski definition) is 5. The summed E-state index contributed by atoms with van der Waals surface area (Å²) >= 11 is 0. The molecular weight excluding hydrogens is 368 g/mol. The number of nitrogens with zero attached hydrogens (tertiary/aromatic N) is 1. The number of methoxy groups -OCH3 is 2. The summed E-state index contributed by atoms with van der Waals surface area (Å²) in [6.07, 6.45) is 2.13. The summed E-state index contributed by atoms with van der Waals surface area (Å²) in [6, 6.07) is 10.3. The molecule has 6 nitrogen and oxygen atoms in total. The van der Waals surface area contributed by atoms with E-state index >= 15 is 0 Å². The number of nitrogens with one attached hydrogen (secondary N) is 1. The van der Waals surface area contributed by atoms with Gasteiger partial charge in [-0.15, -0.1) is 0 Å². The molecule has 0 fully saturated rings. The molecule has 0 radical (unpaired) electrons. The fourth-order valence-electron chi connectivity index (χ4n) is 3.71. The molecule has 5 rings (SSSR count). The van der Waals surface area contributed by atoms with Crippen molar-refractivity contribution in [2.45, 2.75) is 6.54 Å². The molecule has 0 spiro atoms. The van der Waals surface area contributed by atoms with Crippen molar-refractivity contribution in [2.24, 2.45) is 0 Å². The summed E-state index contributed by atoms with van der Waals surface area (Å²) in [7, 11) is 3.33. The van der Waals surface area contributed by atoms with Crippen molar-refractivity contribution in [1.82, 2.24) is 0 Å². The van der Waals surface area contributed by atoms with Crippen LogP contribution in [-0.4, -0.2) is 27.6 Å². The molecule has 0 aliphatic carbocycles. The highest BCUT2D eigenvalue weighted by atomic mass is 35.5. The van der Waals surface area contributed by atoms with Crippen LogP contribution in [0, 0.1) is 0 Å². The molecule has 0 atom stereocenters. The quantitative estimate of drug-likeness (QED) is 0.627. The van der Waals surface area contributed by atoms with Gasteiger partial charge in [0, 0.05) is 18.2 Å². The Kier molecular flexibility index (Phi) is 4.36. The maximum Gasteiger partial charge on any atom is 0.231 e. The van der Waals surface area contributed by atoms with E-state index in [1.54, 1.807) is 14.2 Å². The van der Waals surface area contributed by atoms with Crippen LogP contribution in [0.25, 0.3) is 22.0 Å². The number of hydrogen-bond donors (Lipinski definition) is 1. The first-order chi connectivity index (χ1) is 12.8. The van der Waals surface area contributed by atoms with Gasteiger partial charge in [0.1, 0.15) is 0 Å². The summed E-state index contributed by atoms with van der Waals surface area (Å²) in [4.78, 5) is 0. The second-order valence-corrected chi connectivity index (χ2v) is 6.33. The van der Waals surface area contributed by atoms with Gasteiger partial charge in [-0.25, -0.2) is 0 Å². The van der Waals surface area contributed by atoms with E-state index in [0.29, 0.717) is 0 Å². The van der Waals surface area contributed by atoms with Gasteiger partial charge in [-0.1, -0.05) is 0 Å². The highest BCUT2D eigenvalue weighted by molar-refractivity contribution is 5.92. The largest absolute Gasteiger partial charge is 1.00 e. The molecule has 140 valence electrons. The SMILES string of the molecule is COc1ccc2cc3[n+](cc2c1OC)CCNc1cc2c(cc1-3)OCO2.[Cl-]. The molecule has 2 aliphatic heterocycles. The standard InChI is InChI=1S/C20H18N2O4.ClH/c1-23-17-4-3-12-7-16-13-8-18-19(26-11-25-18)9-15(13)21-5-6-22(16)10-14(12)20(17)24-2;/h3-4,7-10H,5-6,11H2,1-2H3;1H. The summed E-state index contributed by atoms with van der Waals surface area (Å²) in [5.74, 6) is 3.06. The first-order valence-corrected chi connectivity index (χ1v) is 8.54. The third-order valence-corrected chi connectivity index (χ3v) is 4.96. The Morgan fingerprint density at radius 2 is 1.85 bits per heavy atom. The lowest BCUT2D eigenvalue weighted by atomic mass is 10.0. The number of rotatable bonds is 2. The van der Waals surface area contributed by atoms with Gasteiger partial charge in [-0.05, 0) is 17.5 Å². The summed E-state index contributed by atoms with van der Waals surface area (Å²) in [5, 5.41) is 5.62. The van der Waals surface area contributed by atoms with Crippen molar-refractivity contribution in [3.8, 4) is 34.3 Å². The van der Waals surface area contributed by atoms with Crippen molar-refractivity contribution in [2.75, 3.05) is 32.9 Å². The van der Waals surface area contributed by atoms with Crippen LogP contribution in [-0.2, 0) is 6.54 Å². The lowest BCUT2D eigenvalue weighted by Crippen LogP contribution is -3.00. The summed E-state index contributed by atoms with van der Waals surface area (Å²) in [5.41, 5.74) is 3.28. The average Bonchev–Trinajstić information content (AvgIpc) is 3.05. The van der Waals surface area contributed by atoms with Gasteiger partial charge >= 0.3 is 0 Å². The van der Waals surface area contributed by atoms with E-state index in [1.807, 2.05) is 12.1 Å². The predicted octanol–water partition coefficient (Wildman–Crippen LogP) is -0.0303. The number of benzene rings is 2. The molecule has 0 saturated carbocycles. The Morgan fingerprint density at radius 3 is 2.63 bits per heavy atom. The van der Waals surface area contributed by atoms with E-state index in [4.69, 9.17) is 18.9 Å². The molecule has 0 saturated heterocycles. The maximum atomic E-state index is 5.61. The first-order valence-electron chi connectivity index (χ1n) is 8.54. The van der Waals surface area contributed by atoms with Crippen LogP contribution in [0.1, 0.15) is 0 Å². The minimum atomic E-state index is 0. The molecule has 0 bridgehead atoms. The van der Waals surface area contributed by atoms with Gasteiger partial charge < -0.3 is 36.7 Å². The molecule has 1 N–H and O–H groups in total. The number of ether oxygens (including phenoxy) is 4. The molecule has 7 heteroatoms. The van der Waals surface area contributed by atoms with E-state index in [-0.39, 0.29) is 19.2 Å². The van der Waals surface area contributed by atoms with E-state index in [9.17, 15) is 0 Å². The zero-order valence-corrected chi connectivity index (χ0v) is 15.8. The van der Waals surface area contributed by atoms with Crippen LogP contribution in [0.15, 0.2) is 36.5 Å². The van der Waals surface area contributed by atoms with Crippen molar-refractivity contribution in [3.05, 3.63) is 36.5 Å². The van der Waals surface area contributed by atoms with Crippen LogP contribution >= 0.6 is 0 Å². The minimum Gasteiger partial charge on any atom is -1.00 e. The number of pyridine rings is 1. The van der Waals surface area contributed by atoms with Crippen molar-refractivity contribution in [3.63, 3.8) is 0 Å². The molecule has 1 aromatic heterocycles. The average molecular weight is 387 g/mol. The summed E-state index contributed by atoms with van der Waals surface area (Å²) in [6.45, 7) is 1.93. The number of halogens is 1. The normalized spacial score (nSPS) is 13.7. The Morgan fingerprint density at radius 1 is 1.04 bits per heavy atom. The summed E-state index contributed by atoms with van der Waals surface area (Å²) < 4.78 is 24.4. The third-order valence-electron chi connectivity index (χ3n) is 4.96. The molecule has 3 aromatic rings. The Hall–Kier alpha value is -2.86. The van der Waals surface area contributed by atoms with Gasteiger partial charge in [0.2, 0.25) is 12.5 Å². The van der Waals surface area contributed by atoms with Crippen LogP contribution in [0.4, 0.5) is 5.69 Å². The van der Waals surface area contributed by atoms with Crippen LogP contribution in [0.5, 0.6) is 23.0 Å². The molecule has 27 heavy (non-hydrogen) atoms. The zero-order valence-electron chi connectivity index (χ0n) is 15.0. The smallest absolute Gasteiger partial charge is 0.231 e.